The van der Waals surface area contributed by atoms with E-state index in [1.807, 2.05) is 42.6 Å². The van der Waals surface area contributed by atoms with Crippen LogP contribution >= 0.6 is 11.3 Å². The summed E-state index contributed by atoms with van der Waals surface area (Å²) in [5, 5.41) is 7.21. The zero-order valence-corrected chi connectivity index (χ0v) is 21.6. The molecule has 7 nitrogen and oxygen atoms in total. The topological polar surface area (TPSA) is 81.4 Å². The largest absolute Gasteiger partial charge is 0.491 e. The molecule has 0 saturated carbocycles. The SMILES string of the molecule is CCOc1cc(C(F)(F)F)cnc1C(=O)N1CCC(c2nc(-c3c(-c4ccccc4)noc3C)cs2)CC1. The Labute approximate surface area is 221 Å². The van der Waals surface area contributed by atoms with Crippen LogP contribution in [0.4, 0.5) is 13.2 Å². The molecule has 198 valence electrons. The molecule has 0 aliphatic carbocycles. The van der Waals surface area contributed by atoms with E-state index in [4.69, 9.17) is 14.2 Å². The van der Waals surface area contributed by atoms with Gasteiger partial charge in [0.2, 0.25) is 0 Å². The second-order valence-electron chi connectivity index (χ2n) is 8.97. The zero-order chi connectivity index (χ0) is 26.9. The van der Waals surface area contributed by atoms with Gasteiger partial charge >= 0.3 is 6.18 Å². The van der Waals surface area contributed by atoms with Gasteiger partial charge in [0.05, 0.1) is 28.4 Å². The number of carbonyl (C=O) groups excluding carboxylic acids is 1. The quantitative estimate of drug-likeness (QED) is 0.273. The fraction of sp³-hybridized carbons (Fsp3) is 0.333. The number of carbonyl (C=O) groups is 1. The number of hydrogen-bond acceptors (Lipinski definition) is 7. The highest BCUT2D eigenvalue weighted by Gasteiger charge is 2.34. The number of alkyl halides is 3. The maximum absolute atomic E-state index is 13.1. The molecule has 0 bridgehead atoms. The fourth-order valence-electron chi connectivity index (χ4n) is 4.56. The summed E-state index contributed by atoms with van der Waals surface area (Å²) >= 11 is 1.56. The maximum atomic E-state index is 13.1. The first-order valence-corrected chi connectivity index (χ1v) is 13.1. The van der Waals surface area contributed by atoms with Crippen molar-refractivity contribution in [3.8, 4) is 28.3 Å². The lowest BCUT2D eigenvalue weighted by Gasteiger charge is -2.31. The Hall–Kier alpha value is -3.73. The minimum absolute atomic E-state index is 0.105. The molecule has 1 aliphatic heterocycles. The first-order chi connectivity index (χ1) is 18.3. The van der Waals surface area contributed by atoms with Gasteiger partial charge in [-0.2, -0.15) is 13.2 Å². The van der Waals surface area contributed by atoms with Gasteiger partial charge in [0, 0.05) is 36.1 Å². The Morgan fingerprint density at radius 3 is 2.63 bits per heavy atom. The number of aromatic nitrogens is 3. The van der Waals surface area contributed by atoms with Crippen LogP contribution < -0.4 is 4.74 Å². The van der Waals surface area contributed by atoms with E-state index in [2.05, 4.69) is 10.1 Å². The number of nitrogens with zero attached hydrogens (tertiary/aromatic N) is 4. The minimum Gasteiger partial charge on any atom is -0.491 e. The van der Waals surface area contributed by atoms with Gasteiger partial charge in [-0.25, -0.2) is 9.97 Å². The van der Waals surface area contributed by atoms with Gasteiger partial charge in [0.25, 0.3) is 5.91 Å². The number of benzene rings is 1. The van der Waals surface area contributed by atoms with Crippen LogP contribution in [0.25, 0.3) is 22.5 Å². The summed E-state index contributed by atoms with van der Waals surface area (Å²) in [6, 6.07) is 10.6. The molecule has 5 rings (SSSR count). The smallest absolute Gasteiger partial charge is 0.418 e. The van der Waals surface area contributed by atoms with Crippen molar-refractivity contribution in [1.29, 1.82) is 0 Å². The van der Waals surface area contributed by atoms with Crippen molar-refractivity contribution in [3.63, 3.8) is 0 Å². The minimum atomic E-state index is -4.57. The van der Waals surface area contributed by atoms with E-state index in [0.29, 0.717) is 37.9 Å². The molecule has 1 aromatic carbocycles. The number of thiazole rings is 1. The third kappa shape index (κ3) is 5.15. The van der Waals surface area contributed by atoms with Gasteiger partial charge in [-0.05, 0) is 32.8 Å². The van der Waals surface area contributed by atoms with Crippen molar-refractivity contribution in [2.75, 3.05) is 19.7 Å². The molecule has 1 saturated heterocycles. The van der Waals surface area contributed by atoms with Crippen molar-refractivity contribution in [2.45, 2.75) is 38.8 Å². The molecule has 11 heteroatoms. The second kappa shape index (κ2) is 10.6. The zero-order valence-electron chi connectivity index (χ0n) is 20.8. The van der Waals surface area contributed by atoms with E-state index in [-0.39, 0.29) is 24.0 Å². The molecule has 0 radical (unpaired) electrons. The second-order valence-corrected chi connectivity index (χ2v) is 9.86. The van der Waals surface area contributed by atoms with E-state index in [1.165, 1.54) is 0 Å². The van der Waals surface area contributed by atoms with Crippen LogP contribution in [0.3, 0.4) is 0 Å². The molecular formula is C27H25F3N4O3S. The summed E-state index contributed by atoms with van der Waals surface area (Å²) in [6.45, 7) is 4.51. The molecule has 0 unspecified atom stereocenters. The van der Waals surface area contributed by atoms with Gasteiger partial charge < -0.3 is 14.2 Å². The summed E-state index contributed by atoms with van der Waals surface area (Å²) in [5.74, 6) is 0.255. The van der Waals surface area contributed by atoms with E-state index in [9.17, 15) is 18.0 Å². The predicted octanol–water partition coefficient (Wildman–Crippen LogP) is 6.61. The molecule has 1 fully saturated rings. The Balaban J connectivity index is 1.30. The van der Waals surface area contributed by atoms with Crippen LogP contribution in [0.2, 0.25) is 0 Å². The van der Waals surface area contributed by atoms with Crippen LogP contribution in [0.5, 0.6) is 5.75 Å². The molecule has 4 aromatic rings. The summed E-state index contributed by atoms with van der Waals surface area (Å²) in [4.78, 5) is 23.5. The van der Waals surface area contributed by atoms with E-state index >= 15 is 0 Å². The number of amides is 1. The van der Waals surface area contributed by atoms with Crippen molar-refractivity contribution >= 4 is 17.2 Å². The third-order valence-electron chi connectivity index (χ3n) is 6.50. The number of likely N-dealkylation sites (tertiary alicyclic amines) is 1. The molecule has 0 spiro atoms. The third-order valence-corrected chi connectivity index (χ3v) is 7.51. The van der Waals surface area contributed by atoms with E-state index in [1.54, 1.807) is 23.2 Å². The number of hydrogen-bond donors (Lipinski definition) is 0. The number of piperidine rings is 1. The van der Waals surface area contributed by atoms with Gasteiger partial charge in [-0.1, -0.05) is 35.5 Å². The van der Waals surface area contributed by atoms with Gasteiger partial charge in [-0.15, -0.1) is 11.3 Å². The summed E-state index contributed by atoms with van der Waals surface area (Å²) in [6.07, 6.45) is -2.54. The Kier molecular flexibility index (Phi) is 7.20. The van der Waals surface area contributed by atoms with Crippen LogP contribution in [0, 0.1) is 6.92 Å². The molecule has 1 aliphatic rings. The Morgan fingerprint density at radius 1 is 1.21 bits per heavy atom. The van der Waals surface area contributed by atoms with Crippen molar-refractivity contribution in [1.82, 2.24) is 20.0 Å². The van der Waals surface area contributed by atoms with Crippen molar-refractivity contribution in [2.24, 2.45) is 0 Å². The number of halogens is 3. The number of pyridine rings is 1. The highest BCUT2D eigenvalue weighted by atomic mass is 32.1. The highest BCUT2D eigenvalue weighted by molar-refractivity contribution is 7.10. The van der Waals surface area contributed by atoms with Gasteiger partial charge in [-0.3, -0.25) is 4.79 Å². The standard InChI is InChI=1S/C27H25F3N4O3S/c1-3-36-21-13-19(27(28,29)30)14-31-24(21)26(35)34-11-9-18(10-12-34)25-32-20(15-38-25)22-16(2)37-33-23(22)17-7-5-4-6-8-17/h4-8,13-15,18H,3,9-12H2,1-2H3. The Bertz CT molecular complexity index is 1430. The monoisotopic (exact) mass is 542 g/mol. The lowest BCUT2D eigenvalue weighted by Crippen LogP contribution is -2.38. The molecule has 4 heterocycles. The summed E-state index contributed by atoms with van der Waals surface area (Å²) in [7, 11) is 0. The molecule has 38 heavy (non-hydrogen) atoms. The number of aryl methyl sites for hydroxylation is 1. The predicted molar refractivity (Wildman–Crippen MR) is 136 cm³/mol. The lowest BCUT2D eigenvalue weighted by molar-refractivity contribution is -0.138. The average Bonchev–Trinajstić information content (AvgIpc) is 3.55. The number of ether oxygens (including phenoxy) is 1. The average molecular weight is 543 g/mol. The van der Waals surface area contributed by atoms with Crippen LogP contribution in [-0.4, -0.2) is 45.6 Å². The molecule has 0 atom stereocenters. The first-order valence-electron chi connectivity index (χ1n) is 12.2. The van der Waals surface area contributed by atoms with Crippen LogP contribution in [0.15, 0.2) is 52.5 Å². The Morgan fingerprint density at radius 2 is 1.95 bits per heavy atom. The normalized spacial score (nSPS) is 14.6. The van der Waals surface area contributed by atoms with Gasteiger partial charge in [0.15, 0.2) is 11.4 Å². The van der Waals surface area contributed by atoms with E-state index in [0.717, 1.165) is 33.6 Å². The maximum Gasteiger partial charge on any atom is 0.418 e. The number of rotatable bonds is 6. The molecule has 0 N–H and O–H groups in total. The molecular weight excluding hydrogens is 517 g/mol. The molecule has 3 aromatic heterocycles. The summed E-state index contributed by atoms with van der Waals surface area (Å²) < 4.78 is 50.2. The van der Waals surface area contributed by atoms with Crippen LogP contribution in [0.1, 0.15) is 52.5 Å². The molecule has 1 amide bonds. The lowest BCUT2D eigenvalue weighted by atomic mass is 9.97. The highest BCUT2D eigenvalue weighted by Crippen LogP contribution is 2.38. The fourth-order valence-corrected chi connectivity index (χ4v) is 5.54. The van der Waals surface area contributed by atoms with E-state index < -0.39 is 17.6 Å². The summed E-state index contributed by atoms with van der Waals surface area (Å²) in [5.41, 5.74) is 2.30. The van der Waals surface area contributed by atoms with Crippen LogP contribution in [-0.2, 0) is 6.18 Å². The van der Waals surface area contributed by atoms with Gasteiger partial charge in [0.1, 0.15) is 11.5 Å². The van der Waals surface area contributed by atoms with Crippen molar-refractivity contribution in [3.05, 3.63) is 70.0 Å². The first kappa shape index (κ1) is 25.9. The van der Waals surface area contributed by atoms with Crippen molar-refractivity contribution < 1.29 is 27.2 Å².